The van der Waals surface area contributed by atoms with Crippen molar-refractivity contribution in [2.75, 3.05) is 82.5 Å². The lowest BCUT2D eigenvalue weighted by Gasteiger charge is -2.37. The highest BCUT2D eigenvalue weighted by atomic mass is 16.5. The molecule has 34 heavy (non-hydrogen) atoms. The minimum atomic E-state index is 0.637. The van der Waals surface area contributed by atoms with E-state index >= 15 is 0 Å². The molecule has 5 rings (SSSR count). The lowest BCUT2D eigenvalue weighted by atomic mass is 10.1. The molecule has 0 saturated carbocycles. The summed E-state index contributed by atoms with van der Waals surface area (Å²) in [4.78, 5) is 16.4. The number of aromatic nitrogens is 2. The van der Waals surface area contributed by atoms with Crippen molar-refractivity contribution in [1.29, 1.82) is 0 Å². The molecular weight excluding hydrogens is 430 g/mol. The largest absolute Gasteiger partial charge is 0.493 e. The van der Waals surface area contributed by atoms with Crippen LogP contribution in [0.25, 0.3) is 10.9 Å². The van der Waals surface area contributed by atoms with Crippen molar-refractivity contribution in [2.24, 2.45) is 0 Å². The standard InChI is InChI=1S/C26H33N5O3/c1-32-24-19-23-22(18-25(24)34-15-5-8-29-13-16-33-17-14-29)26(28-20-27-23)31-11-9-30(10-12-31)21-6-3-2-4-7-21/h2-4,6-7,18-20H,5,8-17H2,1H3. The monoisotopic (exact) mass is 463 g/mol. The van der Waals surface area contributed by atoms with Crippen molar-refractivity contribution in [3.8, 4) is 11.5 Å². The van der Waals surface area contributed by atoms with Crippen molar-refractivity contribution >= 4 is 22.4 Å². The molecule has 3 aromatic rings. The van der Waals surface area contributed by atoms with Crippen LogP contribution in [0.5, 0.6) is 11.5 Å². The average molecular weight is 464 g/mol. The van der Waals surface area contributed by atoms with Crippen LogP contribution in [0.1, 0.15) is 6.42 Å². The predicted molar refractivity (Wildman–Crippen MR) is 134 cm³/mol. The third-order valence-electron chi connectivity index (χ3n) is 6.58. The van der Waals surface area contributed by atoms with E-state index in [4.69, 9.17) is 14.2 Å². The van der Waals surface area contributed by atoms with Crippen LogP contribution in [0.15, 0.2) is 48.8 Å². The molecule has 0 radical (unpaired) electrons. The summed E-state index contributed by atoms with van der Waals surface area (Å²) in [5, 5.41) is 1.000. The molecule has 8 heteroatoms. The first-order chi connectivity index (χ1) is 16.8. The minimum absolute atomic E-state index is 0.637. The molecule has 2 fully saturated rings. The van der Waals surface area contributed by atoms with Crippen LogP contribution < -0.4 is 19.3 Å². The zero-order valence-electron chi connectivity index (χ0n) is 19.9. The van der Waals surface area contributed by atoms with Crippen molar-refractivity contribution in [3.63, 3.8) is 0 Å². The van der Waals surface area contributed by atoms with Gasteiger partial charge < -0.3 is 24.0 Å². The SMILES string of the molecule is COc1cc2ncnc(N3CCN(c4ccccc4)CC3)c2cc1OCCCN1CCOCC1. The lowest BCUT2D eigenvalue weighted by Crippen LogP contribution is -2.46. The van der Waals surface area contributed by atoms with E-state index in [1.807, 2.05) is 12.1 Å². The van der Waals surface area contributed by atoms with Gasteiger partial charge in [0.1, 0.15) is 12.1 Å². The van der Waals surface area contributed by atoms with Gasteiger partial charge in [-0.1, -0.05) is 18.2 Å². The van der Waals surface area contributed by atoms with Crippen LogP contribution in [-0.2, 0) is 4.74 Å². The fourth-order valence-electron chi connectivity index (χ4n) is 4.69. The summed E-state index contributed by atoms with van der Waals surface area (Å²) in [5.41, 5.74) is 2.14. The zero-order valence-corrected chi connectivity index (χ0v) is 19.9. The van der Waals surface area contributed by atoms with Gasteiger partial charge in [-0.05, 0) is 24.6 Å². The first-order valence-corrected chi connectivity index (χ1v) is 12.1. The quantitative estimate of drug-likeness (QED) is 0.473. The molecule has 0 atom stereocenters. The van der Waals surface area contributed by atoms with Crippen LogP contribution in [0.4, 0.5) is 11.5 Å². The van der Waals surface area contributed by atoms with E-state index in [2.05, 4.69) is 55.0 Å². The molecule has 0 spiro atoms. The van der Waals surface area contributed by atoms with E-state index in [0.29, 0.717) is 12.4 Å². The summed E-state index contributed by atoms with van der Waals surface area (Å²) in [6.45, 7) is 9.01. The maximum absolute atomic E-state index is 6.18. The van der Waals surface area contributed by atoms with E-state index in [1.54, 1.807) is 13.4 Å². The number of benzene rings is 2. The lowest BCUT2D eigenvalue weighted by molar-refractivity contribution is 0.0357. The van der Waals surface area contributed by atoms with Crippen LogP contribution in [0.2, 0.25) is 0 Å². The summed E-state index contributed by atoms with van der Waals surface area (Å²) in [7, 11) is 1.67. The number of ether oxygens (including phenoxy) is 3. The molecule has 2 aromatic carbocycles. The molecule has 2 aliphatic heterocycles. The highest BCUT2D eigenvalue weighted by Crippen LogP contribution is 2.35. The van der Waals surface area contributed by atoms with Gasteiger partial charge in [0.05, 0.1) is 32.4 Å². The van der Waals surface area contributed by atoms with Crippen LogP contribution in [0, 0.1) is 0 Å². The number of anilines is 2. The first-order valence-electron chi connectivity index (χ1n) is 12.1. The summed E-state index contributed by atoms with van der Waals surface area (Å²) < 4.78 is 17.2. The van der Waals surface area contributed by atoms with Gasteiger partial charge in [-0.25, -0.2) is 9.97 Å². The Hall–Kier alpha value is -3.10. The van der Waals surface area contributed by atoms with E-state index in [9.17, 15) is 0 Å². The number of piperazine rings is 1. The summed E-state index contributed by atoms with van der Waals surface area (Å²) in [5.74, 6) is 2.41. The maximum Gasteiger partial charge on any atom is 0.162 e. The number of nitrogens with zero attached hydrogens (tertiary/aromatic N) is 5. The van der Waals surface area contributed by atoms with E-state index in [-0.39, 0.29) is 0 Å². The maximum atomic E-state index is 6.18. The Morgan fingerprint density at radius 2 is 1.65 bits per heavy atom. The number of fused-ring (bicyclic) bond motifs is 1. The Morgan fingerprint density at radius 1 is 0.882 bits per heavy atom. The van der Waals surface area contributed by atoms with Crippen molar-refractivity contribution in [1.82, 2.24) is 14.9 Å². The molecule has 1 aromatic heterocycles. The highest BCUT2D eigenvalue weighted by molar-refractivity contribution is 5.92. The second-order valence-corrected chi connectivity index (χ2v) is 8.68. The fourth-order valence-corrected chi connectivity index (χ4v) is 4.69. The molecule has 0 amide bonds. The number of hydrogen-bond acceptors (Lipinski definition) is 8. The van der Waals surface area contributed by atoms with Crippen molar-refractivity contribution in [3.05, 3.63) is 48.8 Å². The van der Waals surface area contributed by atoms with Crippen LogP contribution in [0.3, 0.4) is 0 Å². The van der Waals surface area contributed by atoms with Gasteiger partial charge in [-0.2, -0.15) is 0 Å². The van der Waals surface area contributed by atoms with E-state index in [1.165, 1.54) is 5.69 Å². The zero-order chi connectivity index (χ0) is 23.2. The topological polar surface area (TPSA) is 63.2 Å². The van der Waals surface area contributed by atoms with Gasteiger partial charge in [0.15, 0.2) is 11.5 Å². The third-order valence-corrected chi connectivity index (χ3v) is 6.58. The Bertz CT molecular complexity index is 1070. The third kappa shape index (κ3) is 5.18. The molecule has 2 saturated heterocycles. The van der Waals surface area contributed by atoms with Crippen LogP contribution in [-0.4, -0.2) is 87.6 Å². The molecular formula is C26H33N5O3. The number of morpholine rings is 1. The predicted octanol–water partition coefficient (Wildman–Crippen LogP) is 3.07. The Kier molecular flexibility index (Phi) is 7.26. The van der Waals surface area contributed by atoms with Crippen molar-refractivity contribution < 1.29 is 14.2 Å². The molecule has 0 aliphatic carbocycles. The smallest absolute Gasteiger partial charge is 0.162 e. The number of para-hydroxylation sites is 1. The van der Waals surface area contributed by atoms with Gasteiger partial charge >= 0.3 is 0 Å². The van der Waals surface area contributed by atoms with Gasteiger partial charge in [-0.15, -0.1) is 0 Å². The Labute approximate surface area is 201 Å². The molecule has 2 aliphatic rings. The molecule has 0 N–H and O–H groups in total. The first kappa shape index (κ1) is 22.7. The van der Waals surface area contributed by atoms with Crippen LogP contribution >= 0.6 is 0 Å². The fraction of sp³-hybridized carbons (Fsp3) is 0.462. The van der Waals surface area contributed by atoms with Gasteiger partial charge in [-0.3, -0.25) is 4.90 Å². The summed E-state index contributed by atoms with van der Waals surface area (Å²) in [6.07, 6.45) is 2.60. The molecule has 0 unspecified atom stereocenters. The number of rotatable bonds is 8. The Balaban J connectivity index is 1.28. The molecule has 8 nitrogen and oxygen atoms in total. The second kappa shape index (κ2) is 10.9. The number of methoxy groups -OCH3 is 1. The highest BCUT2D eigenvalue weighted by Gasteiger charge is 2.21. The summed E-state index contributed by atoms with van der Waals surface area (Å²) in [6, 6.07) is 14.6. The molecule has 3 heterocycles. The van der Waals surface area contributed by atoms with E-state index < -0.39 is 0 Å². The van der Waals surface area contributed by atoms with Gasteiger partial charge in [0.25, 0.3) is 0 Å². The number of hydrogen-bond donors (Lipinski definition) is 0. The van der Waals surface area contributed by atoms with Gasteiger partial charge in [0.2, 0.25) is 0 Å². The van der Waals surface area contributed by atoms with E-state index in [0.717, 1.165) is 87.9 Å². The minimum Gasteiger partial charge on any atom is -0.493 e. The van der Waals surface area contributed by atoms with Crippen molar-refractivity contribution in [2.45, 2.75) is 6.42 Å². The molecule has 180 valence electrons. The molecule has 0 bridgehead atoms. The normalized spacial score (nSPS) is 17.2. The summed E-state index contributed by atoms with van der Waals surface area (Å²) >= 11 is 0. The average Bonchev–Trinajstić information content (AvgIpc) is 2.91. The Morgan fingerprint density at radius 3 is 2.41 bits per heavy atom. The van der Waals surface area contributed by atoms with Gasteiger partial charge in [0, 0.05) is 63.0 Å². The second-order valence-electron chi connectivity index (χ2n) is 8.68.